The number of amides is 1. The van der Waals surface area contributed by atoms with Crippen molar-refractivity contribution in [2.24, 2.45) is 11.8 Å². The molecule has 1 N–H and O–H groups in total. The van der Waals surface area contributed by atoms with Crippen LogP contribution in [-0.2, 0) is 21.2 Å². The van der Waals surface area contributed by atoms with Gasteiger partial charge >= 0.3 is 0 Å². The van der Waals surface area contributed by atoms with Crippen LogP contribution in [0.4, 0.5) is 5.69 Å². The summed E-state index contributed by atoms with van der Waals surface area (Å²) in [6.07, 6.45) is 1.21. The van der Waals surface area contributed by atoms with E-state index < -0.39 is 10.0 Å². The molecular weight excluding hydrogens is 434 g/mol. The molecule has 0 radical (unpaired) electrons. The summed E-state index contributed by atoms with van der Waals surface area (Å²) in [5, 5.41) is 2.98. The zero-order valence-electron chi connectivity index (χ0n) is 17.1. The number of benzene rings is 2. The Morgan fingerprint density at radius 3 is 2.97 bits per heavy atom. The van der Waals surface area contributed by atoms with Gasteiger partial charge in [-0.3, -0.25) is 4.79 Å². The third kappa shape index (κ3) is 3.81. The van der Waals surface area contributed by atoms with Crippen LogP contribution in [-0.4, -0.2) is 43.3 Å². The van der Waals surface area contributed by atoms with E-state index in [2.05, 4.69) is 10.3 Å². The minimum atomic E-state index is -3.60. The van der Waals surface area contributed by atoms with Crippen molar-refractivity contribution in [1.82, 2.24) is 9.29 Å². The average Bonchev–Trinajstić information content (AvgIpc) is 3.41. The number of nitrogens with zero attached hydrogens (tertiary/aromatic N) is 2. The average molecular weight is 458 g/mol. The number of nitrogens with one attached hydrogen (secondary N) is 1. The van der Waals surface area contributed by atoms with E-state index in [0.717, 1.165) is 28.0 Å². The van der Waals surface area contributed by atoms with E-state index in [4.69, 9.17) is 4.74 Å². The molecule has 2 aliphatic heterocycles. The van der Waals surface area contributed by atoms with E-state index in [1.54, 1.807) is 35.0 Å². The lowest BCUT2D eigenvalue weighted by Gasteiger charge is -2.35. The van der Waals surface area contributed by atoms with Crippen LogP contribution in [0.15, 0.2) is 46.8 Å². The van der Waals surface area contributed by atoms with Crippen LogP contribution in [0.3, 0.4) is 0 Å². The molecule has 31 heavy (non-hydrogen) atoms. The lowest BCUT2D eigenvalue weighted by molar-refractivity contribution is -0.122. The molecule has 1 fully saturated rings. The molecule has 2 aromatic carbocycles. The lowest BCUT2D eigenvalue weighted by atomic mass is 9.87. The fourth-order valence-electron chi connectivity index (χ4n) is 4.36. The smallest absolute Gasteiger partial charge is 0.243 e. The summed E-state index contributed by atoms with van der Waals surface area (Å²) in [4.78, 5) is 17.5. The normalized spacial score (nSPS) is 21.6. The van der Waals surface area contributed by atoms with E-state index in [1.807, 2.05) is 25.1 Å². The molecule has 0 unspecified atom stereocenters. The van der Waals surface area contributed by atoms with Crippen LogP contribution in [0.2, 0.25) is 0 Å². The molecule has 7 nitrogen and oxygen atoms in total. The molecule has 0 saturated carbocycles. The van der Waals surface area contributed by atoms with Gasteiger partial charge in [-0.1, -0.05) is 6.92 Å². The van der Waals surface area contributed by atoms with Crippen LogP contribution in [0.5, 0.6) is 5.75 Å². The molecule has 9 heteroatoms. The molecule has 0 spiro atoms. The van der Waals surface area contributed by atoms with Crippen molar-refractivity contribution in [2.75, 3.05) is 25.0 Å². The Labute approximate surface area is 185 Å². The van der Waals surface area contributed by atoms with Crippen LogP contribution in [0, 0.1) is 11.8 Å². The van der Waals surface area contributed by atoms with Gasteiger partial charge in [0.2, 0.25) is 15.9 Å². The van der Waals surface area contributed by atoms with Gasteiger partial charge < -0.3 is 10.1 Å². The van der Waals surface area contributed by atoms with Crippen LogP contribution in [0.1, 0.15) is 18.9 Å². The van der Waals surface area contributed by atoms with Crippen molar-refractivity contribution in [3.8, 4) is 5.75 Å². The molecule has 1 amide bonds. The topological polar surface area (TPSA) is 88.6 Å². The summed E-state index contributed by atoms with van der Waals surface area (Å²) in [6.45, 7) is 3.17. The van der Waals surface area contributed by atoms with Crippen molar-refractivity contribution < 1.29 is 17.9 Å². The van der Waals surface area contributed by atoms with E-state index in [9.17, 15) is 13.2 Å². The Balaban J connectivity index is 1.27. The van der Waals surface area contributed by atoms with E-state index in [-0.39, 0.29) is 17.7 Å². The predicted molar refractivity (Wildman–Crippen MR) is 120 cm³/mol. The van der Waals surface area contributed by atoms with Crippen molar-refractivity contribution in [2.45, 2.75) is 24.7 Å². The number of rotatable bonds is 4. The second kappa shape index (κ2) is 7.89. The van der Waals surface area contributed by atoms with Gasteiger partial charge in [0.05, 0.1) is 27.2 Å². The number of ether oxygens (including phenoxy) is 1. The standard InChI is InChI=1S/C22H23N3O4S2/c1-14-12-25(31(27,28)17-3-4-20-15(10-17)7-9-29-20)8-6-18(14)22(26)24-16-2-5-21-19(11-16)23-13-30-21/h2-5,10-11,13-14,18H,6-9,12H2,1H3,(H,24,26)/t14-,18-/m1/s1. The minimum absolute atomic E-state index is 0.0752. The maximum atomic E-state index is 13.2. The summed E-state index contributed by atoms with van der Waals surface area (Å²) < 4.78 is 34.4. The summed E-state index contributed by atoms with van der Waals surface area (Å²) in [7, 11) is -3.60. The van der Waals surface area contributed by atoms with E-state index >= 15 is 0 Å². The first-order valence-corrected chi connectivity index (χ1v) is 12.6. The van der Waals surface area contributed by atoms with Gasteiger partial charge in [-0.2, -0.15) is 4.31 Å². The van der Waals surface area contributed by atoms with Gasteiger partial charge in [-0.15, -0.1) is 11.3 Å². The van der Waals surface area contributed by atoms with Crippen molar-refractivity contribution in [3.63, 3.8) is 0 Å². The number of hydrogen-bond acceptors (Lipinski definition) is 6. The third-order valence-corrected chi connectivity index (χ3v) is 8.77. The number of sulfonamides is 1. The number of aromatic nitrogens is 1. The predicted octanol–water partition coefficient (Wildman–Crippen LogP) is 3.52. The van der Waals surface area contributed by atoms with Gasteiger partial charge in [-0.05, 0) is 54.3 Å². The van der Waals surface area contributed by atoms with Gasteiger partial charge in [0.25, 0.3) is 0 Å². The SMILES string of the molecule is C[C@@H]1CN(S(=O)(=O)c2ccc3c(c2)CCO3)CC[C@H]1C(=O)Nc1ccc2scnc2c1. The Morgan fingerprint density at radius 2 is 2.13 bits per heavy atom. The molecule has 3 heterocycles. The zero-order chi connectivity index (χ0) is 21.6. The van der Waals surface area contributed by atoms with Crippen LogP contribution >= 0.6 is 11.3 Å². The summed E-state index contributed by atoms with van der Waals surface area (Å²) in [5.41, 5.74) is 4.28. The molecular formula is C22H23N3O4S2. The Morgan fingerprint density at radius 1 is 1.26 bits per heavy atom. The highest BCUT2D eigenvalue weighted by atomic mass is 32.2. The number of piperidine rings is 1. The van der Waals surface area contributed by atoms with E-state index in [0.29, 0.717) is 36.7 Å². The second-order valence-electron chi connectivity index (χ2n) is 8.13. The fourth-order valence-corrected chi connectivity index (χ4v) is 6.62. The van der Waals surface area contributed by atoms with Gasteiger partial charge in [0.1, 0.15) is 5.75 Å². The molecule has 2 aliphatic rings. The number of anilines is 1. The highest BCUT2D eigenvalue weighted by Gasteiger charge is 2.37. The maximum Gasteiger partial charge on any atom is 0.243 e. The van der Waals surface area contributed by atoms with Crippen molar-refractivity contribution in [3.05, 3.63) is 47.5 Å². The van der Waals surface area contributed by atoms with Crippen LogP contribution in [0.25, 0.3) is 10.2 Å². The number of carbonyl (C=O) groups is 1. The number of thiazole rings is 1. The number of hydrogen-bond donors (Lipinski definition) is 1. The second-order valence-corrected chi connectivity index (χ2v) is 11.0. The highest BCUT2D eigenvalue weighted by molar-refractivity contribution is 7.89. The highest BCUT2D eigenvalue weighted by Crippen LogP contribution is 2.32. The Kier molecular flexibility index (Phi) is 5.19. The summed E-state index contributed by atoms with van der Waals surface area (Å²) in [5.74, 6) is 0.350. The first-order valence-electron chi connectivity index (χ1n) is 10.3. The summed E-state index contributed by atoms with van der Waals surface area (Å²) >= 11 is 1.56. The lowest BCUT2D eigenvalue weighted by Crippen LogP contribution is -2.46. The van der Waals surface area contributed by atoms with Crippen LogP contribution < -0.4 is 10.1 Å². The van der Waals surface area contributed by atoms with Crippen molar-refractivity contribution >= 4 is 43.2 Å². The number of carbonyl (C=O) groups excluding carboxylic acids is 1. The molecule has 2 atom stereocenters. The molecule has 5 rings (SSSR count). The first-order chi connectivity index (χ1) is 14.9. The van der Waals surface area contributed by atoms with Gasteiger partial charge in [0, 0.05) is 31.1 Å². The molecule has 3 aromatic rings. The van der Waals surface area contributed by atoms with Gasteiger partial charge in [-0.25, -0.2) is 13.4 Å². The maximum absolute atomic E-state index is 13.2. The molecule has 1 aromatic heterocycles. The molecule has 0 bridgehead atoms. The Bertz CT molecular complexity index is 1250. The molecule has 162 valence electrons. The third-order valence-electron chi connectivity index (χ3n) is 6.10. The minimum Gasteiger partial charge on any atom is -0.493 e. The zero-order valence-corrected chi connectivity index (χ0v) is 18.7. The Hall–Kier alpha value is -2.49. The fraction of sp³-hybridized carbons (Fsp3) is 0.364. The monoisotopic (exact) mass is 457 g/mol. The number of fused-ring (bicyclic) bond motifs is 2. The van der Waals surface area contributed by atoms with E-state index in [1.165, 1.54) is 4.31 Å². The first kappa shape index (κ1) is 20.4. The molecule has 1 saturated heterocycles. The van der Waals surface area contributed by atoms with Crippen molar-refractivity contribution in [1.29, 1.82) is 0 Å². The molecule has 0 aliphatic carbocycles. The quantitative estimate of drug-likeness (QED) is 0.648. The largest absolute Gasteiger partial charge is 0.493 e. The summed E-state index contributed by atoms with van der Waals surface area (Å²) in [6, 6.07) is 10.7. The van der Waals surface area contributed by atoms with Gasteiger partial charge in [0.15, 0.2) is 0 Å².